The monoisotopic (exact) mass is 466 g/mol. The van der Waals surface area contributed by atoms with Crippen LogP contribution in [0.25, 0.3) is 10.8 Å². The van der Waals surface area contributed by atoms with E-state index in [-0.39, 0.29) is 24.0 Å². The minimum atomic E-state index is -0.385. The fourth-order valence-electron chi connectivity index (χ4n) is 3.31. The minimum absolute atomic E-state index is 0.147. The number of benzene rings is 2. The molecule has 4 rings (SSSR count). The third-order valence-electron chi connectivity index (χ3n) is 4.95. The van der Waals surface area contributed by atoms with Crippen LogP contribution in [0.5, 0.6) is 0 Å². The van der Waals surface area contributed by atoms with Crippen LogP contribution in [0.1, 0.15) is 17.8 Å². The van der Waals surface area contributed by atoms with Crippen LogP contribution in [-0.2, 0) is 29.6 Å². The van der Waals surface area contributed by atoms with Gasteiger partial charge in [-0.3, -0.25) is 9.59 Å². The summed E-state index contributed by atoms with van der Waals surface area (Å²) in [5, 5.41) is 13.1. The van der Waals surface area contributed by atoms with Gasteiger partial charge in [-0.25, -0.2) is 0 Å². The molecule has 2 amide bonds. The predicted octanol–water partition coefficient (Wildman–Crippen LogP) is 2.52. The van der Waals surface area contributed by atoms with Gasteiger partial charge >= 0.3 is 0 Å². The highest BCUT2D eigenvalue weighted by Gasteiger charge is 2.12. The van der Waals surface area contributed by atoms with Crippen LogP contribution in [0.15, 0.2) is 64.2 Å². The van der Waals surface area contributed by atoms with Crippen LogP contribution in [0.2, 0.25) is 0 Å². The molecule has 0 radical (unpaired) electrons. The third kappa shape index (κ3) is 5.14. The maximum atomic E-state index is 12.5. The number of nitrogens with zero attached hydrogens (tertiary/aromatic N) is 5. The van der Waals surface area contributed by atoms with Crippen molar-refractivity contribution in [2.75, 3.05) is 5.75 Å². The van der Waals surface area contributed by atoms with E-state index < -0.39 is 0 Å². The number of thioether (sulfide) groups is 1. The number of carbonyl (C=O) groups is 2. The molecular weight excluding hydrogens is 444 g/mol. The zero-order valence-electron chi connectivity index (χ0n) is 17.5. The number of thiazole rings is 1. The Bertz CT molecular complexity index is 1330. The summed E-state index contributed by atoms with van der Waals surface area (Å²) in [4.78, 5) is 28.5. The first-order valence-corrected chi connectivity index (χ1v) is 11.9. The Labute approximate surface area is 192 Å². The second-order valence-corrected chi connectivity index (χ2v) is 8.99. The number of aryl methyl sites for hydroxylation is 1. The molecule has 0 aliphatic rings. The van der Waals surface area contributed by atoms with Crippen molar-refractivity contribution < 1.29 is 9.59 Å². The summed E-state index contributed by atoms with van der Waals surface area (Å²) in [7, 11) is 1.80. The second-order valence-electron chi connectivity index (χ2n) is 7.17. The van der Waals surface area contributed by atoms with Crippen LogP contribution in [0.3, 0.4) is 0 Å². The second kappa shape index (κ2) is 9.92. The summed E-state index contributed by atoms with van der Waals surface area (Å²) in [6.45, 7) is 0.636. The highest BCUT2D eigenvalue weighted by atomic mass is 32.2. The molecule has 0 atom stereocenters. The van der Waals surface area contributed by atoms with Gasteiger partial charge in [-0.05, 0) is 16.3 Å². The van der Waals surface area contributed by atoms with Crippen molar-refractivity contribution in [3.8, 4) is 0 Å². The van der Waals surface area contributed by atoms with E-state index in [4.69, 9.17) is 5.73 Å². The van der Waals surface area contributed by atoms with E-state index >= 15 is 0 Å². The van der Waals surface area contributed by atoms with E-state index in [0.717, 1.165) is 0 Å². The molecule has 2 N–H and O–H groups in total. The van der Waals surface area contributed by atoms with E-state index in [1.54, 1.807) is 11.6 Å². The highest BCUT2D eigenvalue weighted by molar-refractivity contribution is 7.99. The molecule has 0 unspecified atom stereocenters. The Morgan fingerprint density at radius 3 is 2.81 bits per heavy atom. The fourth-order valence-corrected chi connectivity index (χ4v) is 4.77. The van der Waals surface area contributed by atoms with Crippen molar-refractivity contribution in [2.45, 2.75) is 24.5 Å². The summed E-state index contributed by atoms with van der Waals surface area (Å²) in [6.07, 6.45) is 2.57. The molecule has 2 heterocycles. The average Bonchev–Trinajstić information content (AvgIpc) is 3.37. The summed E-state index contributed by atoms with van der Waals surface area (Å²) >= 11 is 2.70. The molecule has 0 saturated carbocycles. The zero-order valence-corrected chi connectivity index (χ0v) is 19.1. The van der Waals surface area contributed by atoms with Crippen molar-refractivity contribution in [3.05, 3.63) is 70.2 Å². The number of hydrogen-bond acceptors (Lipinski definition) is 6. The van der Waals surface area contributed by atoms with Gasteiger partial charge in [-0.2, -0.15) is 4.99 Å². The minimum Gasteiger partial charge on any atom is -0.370 e. The standard InChI is InChI=1S/C22H22N6O2S2/c1-27-19(10-9-18(23)29)25-26-22(27)32-14-20(30)24-21-28(11-12-31-21)13-16-7-4-6-15-5-2-3-8-17(15)16/h2-8,11-12H,9-10,13-14H2,1H3,(H2,23,29). The Kier molecular flexibility index (Phi) is 6.81. The van der Waals surface area contributed by atoms with Crippen molar-refractivity contribution in [3.63, 3.8) is 0 Å². The molecule has 32 heavy (non-hydrogen) atoms. The first-order chi connectivity index (χ1) is 15.5. The predicted molar refractivity (Wildman–Crippen MR) is 125 cm³/mol. The van der Waals surface area contributed by atoms with Crippen molar-refractivity contribution in [2.24, 2.45) is 17.8 Å². The van der Waals surface area contributed by atoms with Gasteiger partial charge in [0.2, 0.25) is 5.91 Å². The summed E-state index contributed by atoms with van der Waals surface area (Å²) in [6, 6.07) is 14.5. The van der Waals surface area contributed by atoms with Gasteiger partial charge in [0, 0.05) is 31.5 Å². The number of primary amides is 1. The van der Waals surface area contributed by atoms with Crippen molar-refractivity contribution >= 4 is 45.7 Å². The lowest BCUT2D eigenvalue weighted by Gasteiger charge is -2.07. The van der Waals surface area contributed by atoms with Crippen LogP contribution in [0, 0.1) is 0 Å². The number of amides is 2. The molecule has 0 aliphatic heterocycles. The summed E-state index contributed by atoms with van der Waals surface area (Å²) in [5.74, 6) is 0.171. The van der Waals surface area contributed by atoms with Gasteiger partial charge in [0.05, 0.1) is 12.3 Å². The maximum absolute atomic E-state index is 12.5. The Morgan fingerprint density at radius 1 is 1.16 bits per heavy atom. The molecule has 0 aliphatic carbocycles. The molecule has 164 valence electrons. The van der Waals surface area contributed by atoms with E-state index in [1.807, 2.05) is 34.3 Å². The molecule has 10 heteroatoms. The topological polar surface area (TPSA) is 108 Å². The lowest BCUT2D eigenvalue weighted by Crippen LogP contribution is -2.17. The van der Waals surface area contributed by atoms with Gasteiger partial charge < -0.3 is 14.9 Å². The molecule has 2 aromatic heterocycles. The van der Waals surface area contributed by atoms with Crippen LogP contribution >= 0.6 is 23.1 Å². The largest absolute Gasteiger partial charge is 0.370 e. The van der Waals surface area contributed by atoms with E-state index in [9.17, 15) is 9.59 Å². The molecule has 8 nitrogen and oxygen atoms in total. The number of carbonyl (C=O) groups excluding carboxylic acids is 2. The number of hydrogen-bond donors (Lipinski definition) is 1. The Morgan fingerprint density at radius 2 is 1.97 bits per heavy atom. The van der Waals surface area contributed by atoms with E-state index in [1.165, 1.54) is 39.4 Å². The number of nitrogens with two attached hydrogens (primary N) is 1. The Hall–Kier alpha value is -3.24. The van der Waals surface area contributed by atoms with Gasteiger partial charge in [-0.15, -0.1) is 21.5 Å². The van der Waals surface area contributed by atoms with Gasteiger partial charge in [0.25, 0.3) is 5.91 Å². The molecular formula is C22H22N6O2S2. The van der Waals surface area contributed by atoms with Gasteiger partial charge in [0.1, 0.15) is 5.82 Å². The molecule has 2 aromatic carbocycles. The third-order valence-corrected chi connectivity index (χ3v) is 6.75. The molecule has 0 saturated heterocycles. The van der Waals surface area contributed by atoms with Crippen molar-refractivity contribution in [1.82, 2.24) is 19.3 Å². The number of fused-ring (bicyclic) bond motifs is 1. The highest BCUT2D eigenvalue weighted by Crippen LogP contribution is 2.19. The molecule has 0 fully saturated rings. The smallest absolute Gasteiger partial charge is 0.258 e. The summed E-state index contributed by atoms with van der Waals surface area (Å²) < 4.78 is 3.76. The van der Waals surface area contributed by atoms with Gasteiger partial charge in [-0.1, -0.05) is 54.2 Å². The number of aromatic nitrogens is 4. The number of rotatable bonds is 8. The quantitative estimate of drug-likeness (QED) is 0.402. The van der Waals surface area contributed by atoms with E-state index in [2.05, 4.69) is 39.5 Å². The first-order valence-electron chi connectivity index (χ1n) is 9.99. The average molecular weight is 467 g/mol. The zero-order chi connectivity index (χ0) is 22.5. The van der Waals surface area contributed by atoms with Gasteiger partial charge in [0.15, 0.2) is 9.96 Å². The SMILES string of the molecule is Cn1c(CCC(N)=O)nnc1SCC(=O)N=c1sccn1Cc1cccc2ccccc12. The lowest BCUT2D eigenvalue weighted by molar-refractivity contribution is -0.118. The van der Waals surface area contributed by atoms with E-state index in [0.29, 0.717) is 28.7 Å². The maximum Gasteiger partial charge on any atom is 0.258 e. The van der Waals surface area contributed by atoms with Crippen molar-refractivity contribution in [1.29, 1.82) is 0 Å². The molecule has 0 bridgehead atoms. The van der Waals surface area contributed by atoms with Crippen LogP contribution < -0.4 is 10.5 Å². The molecule has 4 aromatic rings. The fraction of sp³-hybridized carbons (Fsp3) is 0.227. The lowest BCUT2D eigenvalue weighted by atomic mass is 10.0. The summed E-state index contributed by atoms with van der Waals surface area (Å²) in [5.41, 5.74) is 6.36. The van der Waals surface area contributed by atoms with Crippen LogP contribution in [0.4, 0.5) is 0 Å². The normalized spacial score (nSPS) is 11.8. The molecule has 0 spiro atoms. The first kappa shape index (κ1) is 22.0. The Balaban J connectivity index is 1.45. The van der Waals surface area contributed by atoms with Crippen LogP contribution in [-0.4, -0.2) is 36.9 Å².